The number of carbonyl (C=O) groups excluding carboxylic acids is 1. The number of fused-ring (bicyclic) bond motifs is 1. The minimum atomic E-state index is -0.372. The highest BCUT2D eigenvalue weighted by Crippen LogP contribution is 2.31. The van der Waals surface area contributed by atoms with Gasteiger partial charge < -0.3 is 14.5 Å². The van der Waals surface area contributed by atoms with Crippen LogP contribution in [0, 0.1) is 5.82 Å². The molecule has 0 radical (unpaired) electrons. The van der Waals surface area contributed by atoms with Gasteiger partial charge in [-0.1, -0.05) is 6.07 Å². The Hall–Kier alpha value is -3.75. The summed E-state index contributed by atoms with van der Waals surface area (Å²) in [7, 11) is 0. The molecule has 0 bridgehead atoms. The second-order valence-electron chi connectivity index (χ2n) is 7.11. The van der Waals surface area contributed by atoms with Crippen LogP contribution in [0.2, 0.25) is 0 Å². The molecule has 0 spiro atoms. The summed E-state index contributed by atoms with van der Waals surface area (Å²) in [5.41, 5.74) is 2.15. The first kappa shape index (κ1) is 17.4. The normalized spacial score (nSPS) is 14.3. The van der Waals surface area contributed by atoms with Gasteiger partial charge in [-0.2, -0.15) is 5.10 Å². The highest BCUT2D eigenvalue weighted by molar-refractivity contribution is 5.94. The van der Waals surface area contributed by atoms with Crippen molar-refractivity contribution in [2.45, 2.75) is 13.0 Å². The van der Waals surface area contributed by atoms with Gasteiger partial charge in [0.25, 0.3) is 5.56 Å². The monoisotopic (exact) mass is 392 g/mol. The van der Waals surface area contributed by atoms with Crippen LogP contribution in [0.5, 0.6) is 0 Å². The van der Waals surface area contributed by atoms with E-state index in [1.165, 1.54) is 18.5 Å². The molecule has 5 rings (SSSR count). The van der Waals surface area contributed by atoms with E-state index in [0.717, 1.165) is 5.56 Å². The molecule has 1 amide bonds. The van der Waals surface area contributed by atoms with Crippen LogP contribution in [0.4, 0.5) is 4.39 Å². The first-order valence-corrected chi connectivity index (χ1v) is 9.16. The Morgan fingerprint density at radius 1 is 1.28 bits per heavy atom. The molecule has 1 aliphatic rings. The molecule has 3 aromatic heterocycles. The summed E-state index contributed by atoms with van der Waals surface area (Å²) in [5, 5.41) is 4.83. The highest BCUT2D eigenvalue weighted by atomic mass is 19.1. The minimum absolute atomic E-state index is 0.0457. The maximum absolute atomic E-state index is 13.7. The predicted octanol–water partition coefficient (Wildman–Crippen LogP) is 2.12. The standard InChI is InChI=1S/C20H17FN6O2/c1-12(28)25-8-16(9-25)27-7-13(6-24-27)17-10-26(15-4-2-3-14(21)5-15)19-18(17)20(29)23-11-22-19/h2-7,10-11,16H,8-9H2,1H3,(H,22,23,29). The minimum Gasteiger partial charge on any atom is -0.339 e. The second kappa shape index (κ2) is 6.40. The van der Waals surface area contributed by atoms with E-state index in [-0.39, 0.29) is 23.3 Å². The number of likely N-dealkylation sites (tertiary alicyclic amines) is 1. The lowest BCUT2D eigenvalue weighted by Gasteiger charge is -2.38. The van der Waals surface area contributed by atoms with Gasteiger partial charge >= 0.3 is 0 Å². The Kier molecular flexibility index (Phi) is 3.83. The quantitative estimate of drug-likeness (QED) is 0.578. The molecule has 0 unspecified atom stereocenters. The molecule has 8 nitrogen and oxygen atoms in total. The number of halogens is 1. The van der Waals surface area contributed by atoms with E-state index in [1.807, 2.05) is 10.9 Å². The molecule has 1 aromatic carbocycles. The zero-order valence-corrected chi connectivity index (χ0v) is 15.5. The average molecular weight is 392 g/mol. The van der Waals surface area contributed by atoms with Crippen LogP contribution < -0.4 is 5.56 Å². The topological polar surface area (TPSA) is 88.8 Å². The fraction of sp³-hybridized carbons (Fsp3) is 0.200. The van der Waals surface area contributed by atoms with E-state index >= 15 is 0 Å². The van der Waals surface area contributed by atoms with Crippen LogP contribution in [0.15, 0.2) is 54.0 Å². The molecule has 4 heterocycles. The Morgan fingerprint density at radius 3 is 2.86 bits per heavy atom. The maximum Gasteiger partial charge on any atom is 0.260 e. The molecule has 1 fully saturated rings. The number of aromatic nitrogens is 5. The lowest BCUT2D eigenvalue weighted by molar-refractivity contribution is -0.134. The van der Waals surface area contributed by atoms with Crippen LogP contribution in [-0.4, -0.2) is 48.2 Å². The summed E-state index contributed by atoms with van der Waals surface area (Å²) >= 11 is 0. The average Bonchev–Trinajstić information content (AvgIpc) is 3.26. The molecular weight excluding hydrogens is 375 g/mol. The number of rotatable bonds is 3. The molecular formula is C20H17FN6O2. The van der Waals surface area contributed by atoms with E-state index < -0.39 is 0 Å². The van der Waals surface area contributed by atoms with Crippen molar-refractivity contribution < 1.29 is 9.18 Å². The maximum atomic E-state index is 13.7. The molecule has 1 aliphatic heterocycles. The summed E-state index contributed by atoms with van der Waals surface area (Å²) in [6.07, 6.45) is 6.65. The van der Waals surface area contributed by atoms with Crippen molar-refractivity contribution in [2.75, 3.05) is 13.1 Å². The summed E-state index contributed by atoms with van der Waals surface area (Å²) < 4.78 is 17.3. The number of carbonyl (C=O) groups is 1. The van der Waals surface area contributed by atoms with Crippen LogP contribution in [0.1, 0.15) is 13.0 Å². The van der Waals surface area contributed by atoms with Gasteiger partial charge in [-0.25, -0.2) is 9.37 Å². The van der Waals surface area contributed by atoms with Crippen molar-refractivity contribution in [3.8, 4) is 16.8 Å². The summed E-state index contributed by atoms with van der Waals surface area (Å²) in [4.78, 5) is 32.6. The lowest BCUT2D eigenvalue weighted by Crippen LogP contribution is -2.49. The summed E-state index contributed by atoms with van der Waals surface area (Å²) in [6.45, 7) is 2.78. The van der Waals surface area contributed by atoms with E-state index in [4.69, 9.17) is 0 Å². The smallest absolute Gasteiger partial charge is 0.260 e. The number of nitrogens with one attached hydrogen (secondary N) is 1. The number of nitrogens with zero attached hydrogens (tertiary/aromatic N) is 5. The van der Waals surface area contributed by atoms with Crippen molar-refractivity contribution in [2.24, 2.45) is 0 Å². The Morgan fingerprint density at radius 2 is 2.10 bits per heavy atom. The molecule has 1 saturated heterocycles. The number of aromatic amines is 1. The summed E-state index contributed by atoms with van der Waals surface area (Å²) in [6, 6.07) is 6.23. The molecule has 9 heteroatoms. The Labute approximate surface area is 164 Å². The molecule has 146 valence electrons. The van der Waals surface area contributed by atoms with Crippen LogP contribution >= 0.6 is 0 Å². The first-order chi connectivity index (χ1) is 14.0. The SMILES string of the molecule is CC(=O)N1CC(n2cc(-c3cn(-c4cccc(F)c4)c4nc[nH]c(=O)c34)cn2)C1. The van der Waals surface area contributed by atoms with Crippen molar-refractivity contribution in [3.63, 3.8) is 0 Å². The lowest BCUT2D eigenvalue weighted by atomic mass is 10.1. The van der Waals surface area contributed by atoms with E-state index in [0.29, 0.717) is 35.4 Å². The van der Waals surface area contributed by atoms with Crippen LogP contribution in [-0.2, 0) is 4.79 Å². The van der Waals surface area contributed by atoms with Crippen molar-refractivity contribution in [3.05, 3.63) is 65.4 Å². The van der Waals surface area contributed by atoms with Crippen molar-refractivity contribution >= 4 is 16.9 Å². The number of hydrogen-bond acceptors (Lipinski definition) is 4. The van der Waals surface area contributed by atoms with E-state index in [9.17, 15) is 14.0 Å². The number of benzene rings is 1. The van der Waals surface area contributed by atoms with Gasteiger partial charge in [-0.15, -0.1) is 0 Å². The van der Waals surface area contributed by atoms with Crippen molar-refractivity contribution in [1.29, 1.82) is 0 Å². The molecule has 29 heavy (non-hydrogen) atoms. The molecule has 0 aliphatic carbocycles. The highest BCUT2D eigenvalue weighted by Gasteiger charge is 2.30. The fourth-order valence-corrected chi connectivity index (χ4v) is 3.67. The van der Waals surface area contributed by atoms with Gasteiger partial charge in [-0.3, -0.25) is 14.3 Å². The molecule has 4 aromatic rings. The van der Waals surface area contributed by atoms with Gasteiger partial charge in [0.05, 0.1) is 24.0 Å². The van der Waals surface area contributed by atoms with Crippen LogP contribution in [0.3, 0.4) is 0 Å². The van der Waals surface area contributed by atoms with Gasteiger partial charge in [-0.05, 0) is 18.2 Å². The molecule has 0 atom stereocenters. The summed E-state index contributed by atoms with van der Waals surface area (Å²) in [5.74, 6) is -0.326. The van der Waals surface area contributed by atoms with Gasteiger partial charge in [0.15, 0.2) is 5.65 Å². The Balaban J connectivity index is 1.60. The zero-order valence-electron chi connectivity index (χ0n) is 15.5. The number of amides is 1. The Bertz CT molecular complexity index is 1300. The number of hydrogen-bond donors (Lipinski definition) is 1. The zero-order chi connectivity index (χ0) is 20.1. The molecule has 0 saturated carbocycles. The van der Waals surface area contributed by atoms with Gasteiger partial charge in [0, 0.05) is 49.2 Å². The van der Waals surface area contributed by atoms with E-state index in [1.54, 1.807) is 40.9 Å². The third-order valence-electron chi connectivity index (χ3n) is 5.27. The van der Waals surface area contributed by atoms with Gasteiger partial charge in [0.2, 0.25) is 5.91 Å². The van der Waals surface area contributed by atoms with Crippen molar-refractivity contribution in [1.82, 2.24) is 29.2 Å². The fourth-order valence-electron chi connectivity index (χ4n) is 3.67. The number of H-pyrrole nitrogens is 1. The largest absolute Gasteiger partial charge is 0.339 e. The third kappa shape index (κ3) is 2.82. The third-order valence-corrected chi connectivity index (χ3v) is 5.27. The second-order valence-corrected chi connectivity index (χ2v) is 7.11. The first-order valence-electron chi connectivity index (χ1n) is 9.16. The van der Waals surface area contributed by atoms with Gasteiger partial charge in [0.1, 0.15) is 5.82 Å². The molecule has 1 N–H and O–H groups in total. The predicted molar refractivity (Wildman–Crippen MR) is 104 cm³/mol. The van der Waals surface area contributed by atoms with Crippen LogP contribution in [0.25, 0.3) is 27.8 Å². The van der Waals surface area contributed by atoms with E-state index in [2.05, 4.69) is 15.1 Å².